The van der Waals surface area contributed by atoms with Crippen molar-refractivity contribution in [2.24, 2.45) is 0 Å². The van der Waals surface area contributed by atoms with E-state index >= 15 is 0 Å². The fraction of sp³-hybridized carbons (Fsp3) is 0.222. The fourth-order valence-electron chi connectivity index (χ4n) is 2.07. The van der Waals surface area contributed by atoms with Gasteiger partial charge in [-0.3, -0.25) is 10.1 Å². The van der Waals surface area contributed by atoms with Crippen LogP contribution in [0.15, 0.2) is 53.4 Å². The number of carbonyl (C=O) groups excluding carboxylic acids is 1. The highest BCUT2D eigenvalue weighted by atomic mass is 35.5. The first-order valence-corrected chi connectivity index (χ1v) is 10.5. The highest BCUT2D eigenvalue weighted by Gasteiger charge is 2.16. The summed E-state index contributed by atoms with van der Waals surface area (Å²) in [6.45, 7) is 3.70. The normalized spacial score (nSPS) is 12.3. The first kappa shape index (κ1) is 21.3. The Morgan fingerprint density at radius 1 is 1.11 bits per heavy atom. The van der Waals surface area contributed by atoms with Crippen LogP contribution in [-0.2, 0) is 10.0 Å². The van der Waals surface area contributed by atoms with Gasteiger partial charge in [0.25, 0.3) is 5.91 Å². The number of halogens is 1. The van der Waals surface area contributed by atoms with Crippen LogP contribution in [-0.4, -0.2) is 25.5 Å². The van der Waals surface area contributed by atoms with Gasteiger partial charge in [-0.1, -0.05) is 18.5 Å². The molecule has 0 aliphatic carbocycles. The number of amides is 1. The number of thiocarbonyl (C=S) groups is 1. The van der Waals surface area contributed by atoms with Crippen molar-refractivity contribution >= 4 is 50.5 Å². The standard InChI is InChI=1S/C18H20ClN3O3S2/c1-3-12(2)22-27(24,25)16-10-8-15(9-11-16)20-18(26)21-17(23)13-4-6-14(19)7-5-13/h4-12,22H,3H2,1-2H3,(H2,20,21,23,26). The number of hydrogen-bond acceptors (Lipinski definition) is 4. The fourth-order valence-corrected chi connectivity index (χ4v) is 3.74. The van der Waals surface area contributed by atoms with Gasteiger partial charge in [-0.05, 0) is 74.1 Å². The summed E-state index contributed by atoms with van der Waals surface area (Å²) in [6, 6.07) is 12.3. The Morgan fingerprint density at radius 2 is 1.70 bits per heavy atom. The molecule has 27 heavy (non-hydrogen) atoms. The van der Waals surface area contributed by atoms with Gasteiger partial charge in [0, 0.05) is 22.3 Å². The lowest BCUT2D eigenvalue weighted by Gasteiger charge is -2.13. The molecule has 0 bridgehead atoms. The zero-order chi connectivity index (χ0) is 20.0. The third-order valence-corrected chi connectivity index (χ3v) is 5.79. The van der Waals surface area contributed by atoms with Crippen LogP contribution in [0.25, 0.3) is 0 Å². The largest absolute Gasteiger partial charge is 0.332 e. The Kier molecular flexibility index (Phi) is 7.32. The van der Waals surface area contributed by atoms with E-state index in [-0.39, 0.29) is 22.0 Å². The van der Waals surface area contributed by atoms with Gasteiger partial charge < -0.3 is 5.32 Å². The molecule has 0 heterocycles. The van der Waals surface area contributed by atoms with Gasteiger partial charge in [0.05, 0.1) is 4.90 Å². The number of nitrogens with one attached hydrogen (secondary N) is 3. The van der Waals surface area contributed by atoms with Gasteiger partial charge in [-0.15, -0.1) is 0 Å². The van der Waals surface area contributed by atoms with E-state index in [9.17, 15) is 13.2 Å². The van der Waals surface area contributed by atoms with Crippen LogP contribution in [0, 0.1) is 0 Å². The second kappa shape index (κ2) is 9.27. The number of sulfonamides is 1. The molecule has 0 aliphatic rings. The Bertz CT molecular complexity index is 914. The number of benzene rings is 2. The van der Waals surface area contributed by atoms with Crippen molar-refractivity contribution in [3.05, 3.63) is 59.1 Å². The molecule has 144 valence electrons. The maximum Gasteiger partial charge on any atom is 0.257 e. The third-order valence-electron chi connectivity index (χ3n) is 3.72. The molecule has 0 saturated carbocycles. The molecule has 9 heteroatoms. The minimum absolute atomic E-state index is 0.100. The molecule has 0 radical (unpaired) electrons. The van der Waals surface area contributed by atoms with Crippen molar-refractivity contribution in [3.63, 3.8) is 0 Å². The van der Waals surface area contributed by atoms with Crippen LogP contribution in [0.2, 0.25) is 5.02 Å². The summed E-state index contributed by atoms with van der Waals surface area (Å²) in [5, 5.41) is 6.03. The second-order valence-corrected chi connectivity index (χ2v) is 8.43. The molecular weight excluding hydrogens is 406 g/mol. The highest BCUT2D eigenvalue weighted by Crippen LogP contribution is 2.15. The first-order chi connectivity index (χ1) is 12.7. The van der Waals surface area contributed by atoms with Crippen molar-refractivity contribution < 1.29 is 13.2 Å². The molecule has 2 rings (SSSR count). The quantitative estimate of drug-likeness (QED) is 0.616. The summed E-state index contributed by atoms with van der Waals surface area (Å²) < 4.78 is 27.1. The number of carbonyl (C=O) groups is 1. The third kappa shape index (κ3) is 6.28. The molecule has 0 saturated heterocycles. The van der Waals surface area contributed by atoms with Crippen LogP contribution in [0.3, 0.4) is 0 Å². The smallest absolute Gasteiger partial charge is 0.257 e. The molecule has 0 aliphatic heterocycles. The average Bonchev–Trinajstić information content (AvgIpc) is 2.62. The molecule has 2 aromatic carbocycles. The lowest BCUT2D eigenvalue weighted by atomic mass is 10.2. The van der Waals surface area contributed by atoms with E-state index in [1.54, 1.807) is 43.3 Å². The summed E-state index contributed by atoms with van der Waals surface area (Å²) in [4.78, 5) is 12.3. The number of hydrogen-bond donors (Lipinski definition) is 3. The van der Waals surface area contributed by atoms with Crippen LogP contribution in [0.5, 0.6) is 0 Å². The molecular formula is C18H20ClN3O3S2. The summed E-state index contributed by atoms with van der Waals surface area (Å²) in [5.41, 5.74) is 0.972. The van der Waals surface area contributed by atoms with E-state index < -0.39 is 10.0 Å². The predicted octanol–water partition coefficient (Wildman–Crippen LogP) is 3.54. The van der Waals surface area contributed by atoms with E-state index in [4.69, 9.17) is 23.8 Å². The summed E-state index contributed by atoms with van der Waals surface area (Å²) >= 11 is 10.9. The van der Waals surface area contributed by atoms with Gasteiger partial charge in [0.15, 0.2) is 5.11 Å². The molecule has 2 aromatic rings. The van der Waals surface area contributed by atoms with E-state index in [1.165, 1.54) is 12.1 Å². The van der Waals surface area contributed by atoms with Crippen LogP contribution in [0.1, 0.15) is 30.6 Å². The molecule has 0 fully saturated rings. The molecule has 1 atom stereocenters. The first-order valence-electron chi connectivity index (χ1n) is 8.21. The van der Waals surface area contributed by atoms with Crippen LogP contribution < -0.4 is 15.4 Å². The van der Waals surface area contributed by atoms with Gasteiger partial charge >= 0.3 is 0 Å². The molecule has 1 amide bonds. The van der Waals surface area contributed by atoms with Gasteiger partial charge in [-0.2, -0.15) is 0 Å². The Hall–Kier alpha value is -2.00. The van der Waals surface area contributed by atoms with Crippen molar-refractivity contribution in [1.82, 2.24) is 10.0 Å². The lowest BCUT2D eigenvalue weighted by molar-refractivity contribution is 0.0977. The Balaban J connectivity index is 1.98. The SMILES string of the molecule is CCC(C)NS(=O)(=O)c1ccc(NC(=S)NC(=O)c2ccc(Cl)cc2)cc1. The summed E-state index contributed by atoms with van der Waals surface area (Å²) in [6.07, 6.45) is 0.695. The zero-order valence-corrected chi connectivity index (χ0v) is 17.2. The van der Waals surface area contributed by atoms with Gasteiger partial charge in [-0.25, -0.2) is 13.1 Å². The minimum Gasteiger partial charge on any atom is -0.332 e. The van der Waals surface area contributed by atoms with Crippen molar-refractivity contribution in [2.75, 3.05) is 5.32 Å². The van der Waals surface area contributed by atoms with E-state index in [1.807, 2.05) is 6.92 Å². The monoisotopic (exact) mass is 425 g/mol. The number of anilines is 1. The van der Waals surface area contributed by atoms with E-state index in [0.717, 1.165) is 0 Å². The Labute approximate surface area is 169 Å². The zero-order valence-electron chi connectivity index (χ0n) is 14.8. The van der Waals surface area contributed by atoms with Crippen molar-refractivity contribution in [2.45, 2.75) is 31.2 Å². The molecule has 1 unspecified atom stereocenters. The summed E-state index contributed by atoms with van der Waals surface area (Å²) in [7, 11) is -3.57. The Morgan fingerprint density at radius 3 is 2.26 bits per heavy atom. The topological polar surface area (TPSA) is 87.3 Å². The van der Waals surface area contributed by atoms with Gasteiger partial charge in [0.2, 0.25) is 10.0 Å². The van der Waals surface area contributed by atoms with Crippen LogP contribution in [0.4, 0.5) is 5.69 Å². The minimum atomic E-state index is -3.57. The van der Waals surface area contributed by atoms with Crippen LogP contribution >= 0.6 is 23.8 Å². The summed E-state index contributed by atoms with van der Waals surface area (Å²) in [5.74, 6) is -0.374. The average molecular weight is 426 g/mol. The number of rotatable bonds is 6. The maximum absolute atomic E-state index is 12.2. The molecule has 3 N–H and O–H groups in total. The maximum atomic E-state index is 12.2. The van der Waals surface area contributed by atoms with Crippen molar-refractivity contribution in [3.8, 4) is 0 Å². The highest BCUT2D eigenvalue weighted by molar-refractivity contribution is 7.89. The molecule has 6 nitrogen and oxygen atoms in total. The van der Waals surface area contributed by atoms with Crippen molar-refractivity contribution in [1.29, 1.82) is 0 Å². The molecule has 0 aromatic heterocycles. The van der Waals surface area contributed by atoms with Gasteiger partial charge in [0.1, 0.15) is 0 Å². The van der Waals surface area contributed by atoms with E-state index in [0.29, 0.717) is 22.7 Å². The second-order valence-electron chi connectivity index (χ2n) is 5.87. The lowest BCUT2D eigenvalue weighted by Crippen LogP contribution is -2.34. The predicted molar refractivity (Wildman–Crippen MR) is 112 cm³/mol. The van der Waals surface area contributed by atoms with E-state index in [2.05, 4.69) is 15.4 Å². The molecule has 0 spiro atoms.